The van der Waals surface area contributed by atoms with Gasteiger partial charge in [0.25, 0.3) is 0 Å². The molecule has 0 bridgehead atoms. The van der Waals surface area contributed by atoms with Crippen LogP contribution in [0.3, 0.4) is 0 Å². The molecule has 1 heterocycles. The molecule has 1 aromatic carbocycles. The van der Waals surface area contributed by atoms with Crippen LogP contribution in [0, 0.1) is 17.0 Å². The maximum absolute atomic E-state index is 10.8. The highest BCUT2D eigenvalue weighted by Crippen LogP contribution is 2.34. The zero-order chi connectivity index (χ0) is 13.1. The van der Waals surface area contributed by atoms with E-state index in [-0.39, 0.29) is 23.1 Å². The van der Waals surface area contributed by atoms with E-state index in [1.54, 1.807) is 12.1 Å². The molecule has 1 N–H and O–H groups in total. The standard InChI is InChI=1S/C13H13NO3S/c1-9-4-5-12(15)10(7-9)11(8-14(16)17)13-3-2-6-18-13/h2-7,11,15H,8H2,1H3/t11-/m1/s1. The third-order valence-corrected chi connectivity index (χ3v) is 3.76. The number of hydrogen-bond acceptors (Lipinski definition) is 4. The Kier molecular flexibility index (Phi) is 3.62. The zero-order valence-corrected chi connectivity index (χ0v) is 10.7. The van der Waals surface area contributed by atoms with E-state index in [9.17, 15) is 15.2 Å². The molecule has 5 heteroatoms. The summed E-state index contributed by atoms with van der Waals surface area (Å²) < 4.78 is 0. The Morgan fingerprint density at radius 2 is 2.22 bits per heavy atom. The molecule has 18 heavy (non-hydrogen) atoms. The van der Waals surface area contributed by atoms with Crippen LogP contribution in [0.15, 0.2) is 35.7 Å². The fourth-order valence-electron chi connectivity index (χ4n) is 1.93. The van der Waals surface area contributed by atoms with E-state index in [1.807, 2.05) is 30.5 Å². The number of nitrogens with zero attached hydrogens (tertiary/aromatic N) is 1. The summed E-state index contributed by atoms with van der Waals surface area (Å²) in [6.07, 6.45) is 0. The summed E-state index contributed by atoms with van der Waals surface area (Å²) in [6.45, 7) is 1.69. The molecule has 4 nitrogen and oxygen atoms in total. The van der Waals surface area contributed by atoms with Crippen molar-refractivity contribution in [2.24, 2.45) is 0 Å². The summed E-state index contributed by atoms with van der Waals surface area (Å²) in [5.41, 5.74) is 1.60. The van der Waals surface area contributed by atoms with Crippen molar-refractivity contribution in [2.45, 2.75) is 12.8 Å². The average molecular weight is 263 g/mol. The molecule has 94 valence electrons. The highest BCUT2D eigenvalue weighted by Gasteiger charge is 2.23. The molecular formula is C13H13NO3S. The summed E-state index contributed by atoms with van der Waals surface area (Å²) in [5, 5.41) is 22.6. The Hall–Kier alpha value is -1.88. The number of aromatic hydroxyl groups is 1. The largest absolute Gasteiger partial charge is 0.508 e. The number of phenols is 1. The van der Waals surface area contributed by atoms with Crippen molar-refractivity contribution in [3.63, 3.8) is 0 Å². The van der Waals surface area contributed by atoms with Crippen molar-refractivity contribution in [3.05, 3.63) is 61.8 Å². The van der Waals surface area contributed by atoms with Gasteiger partial charge in [-0.05, 0) is 24.4 Å². The first kappa shape index (κ1) is 12.6. The number of hydrogen-bond donors (Lipinski definition) is 1. The molecular weight excluding hydrogens is 250 g/mol. The molecule has 0 aliphatic carbocycles. The molecule has 0 saturated carbocycles. The Morgan fingerprint density at radius 1 is 1.44 bits per heavy atom. The highest BCUT2D eigenvalue weighted by atomic mass is 32.1. The van der Waals surface area contributed by atoms with E-state index in [4.69, 9.17) is 0 Å². The van der Waals surface area contributed by atoms with Crippen LogP contribution in [-0.4, -0.2) is 16.6 Å². The second-order valence-corrected chi connectivity index (χ2v) is 5.12. The predicted octanol–water partition coefficient (Wildman–Crippen LogP) is 3.17. The molecule has 0 radical (unpaired) electrons. The van der Waals surface area contributed by atoms with Crippen molar-refractivity contribution in [2.75, 3.05) is 6.54 Å². The molecule has 1 aromatic heterocycles. The third-order valence-electron chi connectivity index (χ3n) is 2.78. The van der Waals surface area contributed by atoms with Crippen LogP contribution in [-0.2, 0) is 0 Å². The number of benzene rings is 1. The van der Waals surface area contributed by atoms with Crippen LogP contribution in [0.25, 0.3) is 0 Å². The van der Waals surface area contributed by atoms with E-state index in [0.717, 1.165) is 10.4 Å². The molecule has 0 spiro atoms. The molecule has 0 unspecified atom stereocenters. The zero-order valence-electron chi connectivity index (χ0n) is 9.87. The molecule has 2 aromatic rings. The summed E-state index contributed by atoms with van der Waals surface area (Å²) in [4.78, 5) is 11.4. The van der Waals surface area contributed by atoms with Gasteiger partial charge in [-0.25, -0.2) is 0 Å². The number of rotatable bonds is 4. The van der Waals surface area contributed by atoms with Crippen LogP contribution in [0.2, 0.25) is 0 Å². The highest BCUT2D eigenvalue weighted by molar-refractivity contribution is 7.10. The van der Waals surface area contributed by atoms with E-state index in [0.29, 0.717) is 5.56 Å². The minimum atomic E-state index is -0.389. The number of nitro groups is 1. The molecule has 2 rings (SSSR count). The van der Waals surface area contributed by atoms with Crippen LogP contribution < -0.4 is 0 Å². The van der Waals surface area contributed by atoms with E-state index < -0.39 is 0 Å². The second-order valence-electron chi connectivity index (χ2n) is 4.15. The number of thiophene rings is 1. The molecule has 0 fully saturated rings. The van der Waals surface area contributed by atoms with E-state index in [1.165, 1.54) is 11.3 Å². The van der Waals surface area contributed by atoms with E-state index >= 15 is 0 Å². The first-order valence-electron chi connectivity index (χ1n) is 5.52. The lowest BCUT2D eigenvalue weighted by Gasteiger charge is -2.14. The van der Waals surface area contributed by atoms with Gasteiger partial charge in [-0.2, -0.15) is 0 Å². The van der Waals surface area contributed by atoms with Crippen LogP contribution >= 0.6 is 11.3 Å². The smallest absolute Gasteiger partial charge is 0.215 e. The topological polar surface area (TPSA) is 63.4 Å². The Labute approximate surface area is 109 Å². The molecule has 1 atom stereocenters. The lowest BCUT2D eigenvalue weighted by Crippen LogP contribution is -2.13. The first-order chi connectivity index (χ1) is 8.58. The summed E-state index contributed by atoms with van der Waals surface area (Å²) in [6, 6.07) is 8.91. The van der Waals surface area contributed by atoms with E-state index in [2.05, 4.69) is 0 Å². The molecule has 0 aliphatic rings. The second kappa shape index (κ2) is 5.18. The average Bonchev–Trinajstić information content (AvgIpc) is 2.82. The van der Waals surface area contributed by atoms with Gasteiger partial charge in [0.2, 0.25) is 6.54 Å². The fourth-order valence-corrected chi connectivity index (χ4v) is 2.77. The van der Waals surface area contributed by atoms with Crippen molar-refractivity contribution in [1.29, 1.82) is 0 Å². The van der Waals surface area contributed by atoms with Crippen LogP contribution in [0.4, 0.5) is 0 Å². The van der Waals surface area contributed by atoms with Gasteiger partial charge in [-0.3, -0.25) is 10.1 Å². The maximum atomic E-state index is 10.8. The van der Waals surface area contributed by atoms with Gasteiger partial charge >= 0.3 is 0 Å². The van der Waals surface area contributed by atoms with Gasteiger partial charge in [-0.15, -0.1) is 11.3 Å². The Bertz CT molecular complexity index is 551. The van der Waals surface area contributed by atoms with Crippen molar-refractivity contribution in [1.82, 2.24) is 0 Å². The van der Waals surface area contributed by atoms with Crippen LogP contribution in [0.1, 0.15) is 21.9 Å². The van der Waals surface area contributed by atoms with Crippen molar-refractivity contribution >= 4 is 11.3 Å². The van der Waals surface area contributed by atoms with Gasteiger partial charge < -0.3 is 5.11 Å². The summed E-state index contributed by atoms with van der Waals surface area (Å²) >= 11 is 1.47. The predicted molar refractivity (Wildman–Crippen MR) is 70.9 cm³/mol. The maximum Gasteiger partial charge on any atom is 0.215 e. The fraction of sp³-hybridized carbons (Fsp3) is 0.231. The SMILES string of the molecule is Cc1ccc(O)c([C@@H](C[N+](=O)[O-])c2cccs2)c1. The number of phenolic OH excluding ortho intramolecular Hbond substituents is 1. The monoisotopic (exact) mass is 263 g/mol. The van der Waals surface area contributed by atoms with Crippen LogP contribution in [0.5, 0.6) is 5.75 Å². The Morgan fingerprint density at radius 3 is 2.83 bits per heavy atom. The van der Waals surface area contributed by atoms with Crippen molar-refractivity contribution in [3.8, 4) is 5.75 Å². The summed E-state index contributed by atoms with van der Waals surface area (Å²) in [7, 11) is 0. The summed E-state index contributed by atoms with van der Waals surface area (Å²) in [5.74, 6) is -0.277. The van der Waals surface area contributed by atoms with Gasteiger partial charge in [0.15, 0.2) is 0 Å². The van der Waals surface area contributed by atoms with Gasteiger partial charge in [-0.1, -0.05) is 23.8 Å². The van der Waals surface area contributed by atoms with Gasteiger partial charge in [0.1, 0.15) is 5.75 Å². The minimum Gasteiger partial charge on any atom is -0.508 e. The quantitative estimate of drug-likeness (QED) is 0.680. The first-order valence-corrected chi connectivity index (χ1v) is 6.40. The Balaban J connectivity index is 2.46. The molecule has 0 saturated heterocycles. The lowest BCUT2D eigenvalue weighted by molar-refractivity contribution is -0.481. The normalized spacial score (nSPS) is 12.3. The van der Waals surface area contributed by atoms with Crippen molar-refractivity contribution < 1.29 is 10.0 Å². The van der Waals surface area contributed by atoms with Gasteiger partial charge in [0.05, 0.1) is 5.92 Å². The number of aryl methyl sites for hydroxylation is 1. The lowest BCUT2D eigenvalue weighted by atomic mass is 9.95. The third kappa shape index (κ3) is 2.68. The molecule has 0 amide bonds. The van der Waals surface area contributed by atoms with Gasteiger partial charge in [0, 0.05) is 15.4 Å². The minimum absolute atomic E-state index is 0.112. The molecule has 0 aliphatic heterocycles.